The van der Waals surface area contributed by atoms with Gasteiger partial charge in [-0.1, -0.05) is 13.8 Å². The molecule has 2 N–H and O–H groups in total. The first kappa shape index (κ1) is 17.7. The molecule has 23 heavy (non-hydrogen) atoms. The van der Waals surface area contributed by atoms with Gasteiger partial charge < -0.3 is 10.6 Å². The van der Waals surface area contributed by atoms with E-state index in [9.17, 15) is 13.2 Å². The Morgan fingerprint density at radius 3 is 2.35 bits per heavy atom. The second kappa shape index (κ2) is 7.27. The highest BCUT2D eigenvalue weighted by Crippen LogP contribution is 2.23. The van der Waals surface area contributed by atoms with Crippen LogP contribution in [0, 0.1) is 5.92 Å². The van der Waals surface area contributed by atoms with Crippen LogP contribution < -0.4 is 10.6 Å². The lowest BCUT2D eigenvalue weighted by atomic mass is 9.96. The minimum absolute atomic E-state index is 0.0754. The van der Waals surface area contributed by atoms with Crippen molar-refractivity contribution in [2.75, 3.05) is 31.1 Å². The average Bonchev–Trinajstić information content (AvgIpc) is 2.56. The highest BCUT2D eigenvalue weighted by Gasteiger charge is 2.25. The summed E-state index contributed by atoms with van der Waals surface area (Å²) in [6.45, 7) is 5.88. The standard InChI is InChI=1S/C15H24N4O3S/c1-3-19(4-2)23(21,22)13-5-6-14(17-11-13)18-9-7-12(8-10-18)15(16)20/h5-6,11-12H,3-4,7-10H2,1-2H3,(H2,16,20). The van der Waals surface area contributed by atoms with Crippen molar-refractivity contribution in [1.82, 2.24) is 9.29 Å². The molecular weight excluding hydrogens is 316 g/mol. The van der Waals surface area contributed by atoms with Gasteiger partial charge in [-0.3, -0.25) is 4.79 Å². The van der Waals surface area contributed by atoms with Gasteiger partial charge in [-0.15, -0.1) is 0 Å². The van der Waals surface area contributed by atoms with Gasteiger partial charge in [-0.25, -0.2) is 13.4 Å². The Labute approximate surface area is 137 Å². The van der Waals surface area contributed by atoms with Gasteiger partial charge in [-0.2, -0.15) is 4.31 Å². The second-order valence-electron chi connectivity index (χ2n) is 5.61. The predicted octanol–water partition coefficient (Wildman–Crippen LogP) is 0.814. The molecule has 2 heterocycles. The summed E-state index contributed by atoms with van der Waals surface area (Å²) in [4.78, 5) is 17.7. The fourth-order valence-corrected chi connectivity index (χ4v) is 4.22. The summed E-state index contributed by atoms with van der Waals surface area (Å²) in [5.74, 6) is 0.401. The molecule has 1 aromatic rings. The third-order valence-electron chi connectivity index (χ3n) is 4.29. The number of primary amides is 1. The van der Waals surface area contributed by atoms with Crippen molar-refractivity contribution in [3.63, 3.8) is 0 Å². The Bertz CT molecular complexity index is 633. The van der Waals surface area contributed by atoms with Gasteiger partial charge in [0, 0.05) is 38.3 Å². The lowest BCUT2D eigenvalue weighted by Crippen LogP contribution is -2.39. The van der Waals surface area contributed by atoms with Crippen LogP contribution in [0.3, 0.4) is 0 Å². The number of pyridine rings is 1. The maximum atomic E-state index is 12.4. The summed E-state index contributed by atoms with van der Waals surface area (Å²) in [7, 11) is -3.48. The maximum Gasteiger partial charge on any atom is 0.244 e. The quantitative estimate of drug-likeness (QED) is 0.827. The molecule has 0 atom stereocenters. The predicted molar refractivity (Wildman–Crippen MR) is 88.5 cm³/mol. The number of amides is 1. The number of nitrogens with two attached hydrogens (primary N) is 1. The van der Waals surface area contributed by atoms with Gasteiger partial charge in [-0.05, 0) is 25.0 Å². The number of aromatic nitrogens is 1. The van der Waals surface area contributed by atoms with E-state index in [0.29, 0.717) is 39.0 Å². The van der Waals surface area contributed by atoms with Crippen LogP contribution in [-0.2, 0) is 14.8 Å². The van der Waals surface area contributed by atoms with E-state index in [1.54, 1.807) is 12.1 Å². The van der Waals surface area contributed by atoms with Crippen LogP contribution in [0.5, 0.6) is 0 Å². The molecule has 8 heteroatoms. The summed E-state index contributed by atoms with van der Waals surface area (Å²) in [6, 6.07) is 3.32. The molecule has 7 nitrogen and oxygen atoms in total. The molecule has 0 aromatic carbocycles. The van der Waals surface area contributed by atoms with Crippen molar-refractivity contribution >= 4 is 21.7 Å². The molecule has 1 fully saturated rings. The summed E-state index contributed by atoms with van der Waals surface area (Å²) in [5.41, 5.74) is 5.33. The lowest BCUT2D eigenvalue weighted by Gasteiger charge is -2.31. The summed E-state index contributed by atoms with van der Waals surface area (Å²) in [6.07, 6.45) is 2.82. The number of hydrogen-bond donors (Lipinski definition) is 1. The van der Waals surface area contributed by atoms with Gasteiger partial charge in [0.2, 0.25) is 15.9 Å². The first-order chi connectivity index (χ1) is 10.9. The SMILES string of the molecule is CCN(CC)S(=O)(=O)c1ccc(N2CCC(C(N)=O)CC2)nc1. The molecule has 1 aromatic heterocycles. The average molecular weight is 340 g/mol. The fourth-order valence-electron chi connectivity index (χ4n) is 2.82. The molecule has 1 saturated heterocycles. The van der Waals surface area contributed by atoms with Gasteiger partial charge in [0.1, 0.15) is 10.7 Å². The van der Waals surface area contributed by atoms with E-state index in [1.807, 2.05) is 18.7 Å². The zero-order valence-corrected chi connectivity index (χ0v) is 14.4. The molecule has 128 valence electrons. The smallest absolute Gasteiger partial charge is 0.244 e. The van der Waals surface area contributed by atoms with Crippen LogP contribution >= 0.6 is 0 Å². The summed E-state index contributed by atoms with van der Waals surface area (Å²) < 4.78 is 26.2. The van der Waals surface area contributed by atoms with Crippen LogP contribution in [0.25, 0.3) is 0 Å². The molecular formula is C15H24N4O3S. The Hall–Kier alpha value is -1.67. The van der Waals surface area contributed by atoms with E-state index < -0.39 is 10.0 Å². The van der Waals surface area contributed by atoms with E-state index in [-0.39, 0.29) is 16.7 Å². The zero-order valence-electron chi connectivity index (χ0n) is 13.6. The lowest BCUT2D eigenvalue weighted by molar-refractivity contribution is -0.122. The van der Waals surface area contributed by atoms with E-state index in [0.717, 1.165) is 5.82 Å². The maximum absolute atomic E-state index is 12.4. The summed E-state index contributed by atoms with van der Waals surface area (Å²) >= 11 is 0. The van der Waals surface area contributed by atoms with Crippen LogP contribution in [0.1, 0.15) is 26.7 Å². The van der Waals surface area contributed by atoms with Crippen LogP contribution in [0.2, 0.25) is 0 Å². The molecule has 2 rings (SSSR count). The highest BCUT2D eigenvalue weighted by molar-refractivity contribution is 7.89. The Kier molecular flexibility index (Phi) is 5.59. The number of hydrogen-bond acceptors (Lipinski definition) is 5. The first-order valence-corrected chi connectivity index (χ1v) is 9.34. The Balaban J connectivity index is 2.10. The van der Waals surface area contributed by atoms with Gasteiger partial charge >= 0.3 is 0 Å². The van der Waals surface area contributed by atoms with Crippen molar-refractivity contribution in [2.45, 2.75) is 31.6 Å². The van der Waals surface area contributed by atoms with Crippen LogP contribution in [0.15, 0.2) is 23.2 Å². The van der Waals surface area contributed by atoms with Crippen molar-refractivity contribution < 1.29 is 13.2 Å². The molecule has 0 aliphatic carbocycles. The number of sulfonamides is 1. The van der Waals surface area contributed by atoms with Crippen molar-refractivity contribution in [3.8, 4) is 0 Å². The monoisotopic (exact) mass is 340 g/mol. The Morgan fingerprint density at radius 1 is 1.30 bits per heavy atom. The van der Waals surface area contributed by atoms with Crippen molar-refractivity contribution in [1.29, 1.82) is 0 Å². The molecule has 1 aliphatic heterocycles. The number of piperidine rings is 1. The highest BCUT2D eigenvalue weighted by atomic mass is 32.2. The number of nitrogens with zero attached hydrogens (tertiary/aromatic N) is 3. The van der Waals surface area contributed by atoms with Crippen molar-refractivity contribution in [3.05, 3.63) is 18.3 Å². The van der Waals surface area contributed by atoms with Gasteiger partial charge in [0.25, 0.3) is 0 Å². The minimum atomic E-state index is -3.48. The zero-order chi connectivity index (χ0) is 17.0. The molecule has 0 bridgehead atoms. The topological polar surface area (TPSA) is 96.6 Å². The van der Waals surface area contributed by atoms with Crippen LogP contribution in [0.4, 0.5) is 5.82 Å². The summed E-state index contributed by atoms with van der Waals surface area (Å²) in [5, 5.41) is 0. The number of carbonyl (C=O) groups excluding carboxylic acids is 1. The molecule has 0 saturated carbocycles. The minimum Gasteiger partial charge on any atom is -0.369 e. The first-order valence-electron chi connectivity index (χ1n) is 7.90. The molecule has 1 aliphatic rings. The van der Waals surface area contributed by atoms with E-state index in [2.05, 4.69) is 4.98 Å². The van der Waals surface area contributed by atoms with Gasteiger partial charge in [0.15, 0.2) is 0 Å². The third-order valence-corrected chi connectivity index (χ3v) is 6.32. The fraction of sp³-hybridized carbons (Fsp3) is 0.600. The van der Waals surface area contributed by atoms with Crippen LogP contribution in [-0.4, -0.2) is 49.8 Å². The Morgan fingerprint density at radius 2 is 1.91 bits per heavy atom. The molecule has 0 radical (unpaired) electrons. The van der Waals surface area contributed by atoms with Crippen molar-refractivity contribution in [2.24, 2.45) is 11.7 Å². The normalized spacial score (nSPS) is 16.7. The number of carbonyl (C=O) groups is 1. The van der Waals surface area contributed by atoms with E-state index >= 15 is 0 Å². The third kappa shape index (κ3) is 3.81. The molecule has 0 unspecified atom stereocenters. The van der Waals surface area contributed by atoms with Gasteiger partial charge in [0.05, 0.1) is 0 Å². The molecule has 1 amide bonds. The largest absolute Gasteiger partial charge is 0.369 e. The van der Waals surface area contributed by atoms with E-state index in [4.69, 9.17) is 5.73 Å². The molecule has 0 spiro atoms. The second-order valence-corrected chi connectivity index (χ2v) is 7.54. The number of anilines is 1. The van der Waals surface area contributed by atoms with E-state index in [1.165, 1.54) is 10.5 Å². The number of rotatable bonds is 6.